The molecule has 2 aromatic rings. The summed E-state index contributed by atoms with van der Waals surface area (Å²) < 4.78 is 5.47. The molecule has 1 aromatic heterocycles. The zero-order valence-electron chi connectivity index (χ0n) is 19.2. The van der Waals surface area contributed by atoms with Crippen LogP contribution in [0.5, 0.6) is 5.75 Å². The second kappa shape index (κ2) is 11.4. The van der Waals surface area contributed by atoms with E-state index in [0.717, 1.165) is 77.6 Å². The number of carbonyl (C=O) groups is 1. The molecule has 172 valence electrons. The Kier molecular flexibility index (Phi) is 8.09. The Hall–Kier alpha value is -2.48. The van der Waals surface area contributed by atoms with Gasteiger partial charge in [0.2, 0.25) is 5.91 Å². The smallest absolute Gasteiger partial charge is 0.236 e. The molecule has 1 aromatic carbocycles. The molecule has 1 amide bonds. The van der Waals surface area contributed by atoms with Gasteiger partial charge in [-0.3, -0.25) is 19.6 Å². The highest BCUT2D eigenvalue weighted by atomic mass is 16.5. The van der Waals surface area contributed by atoms with Gasteiger partial charge in [0.05, 0.1) is 13.7 Å². The fourth-order valence-electron chi connectivity index (χ4n) is 4.53. The van der Waals surface area contributed by atoms with Gasteiger partial charge in [-0.1, -0.05) is 24.3 Å². The molecule has 3 heterocycles. The predicted molar refractivity (Wildman–Crippen MR) is 126 cm³/mol. The maximum Gasteiger partial charge on any atom is 0.236 e. The van der Waals surface area contributed by atoms with E-state index < -0.39 is 0 Å². The van der Waals surface area contributed by atoms with Crippen LogP contribution in [-0.2, 0) is 17.8 Å². The summed E-state index contributed by atoms with van der Waals surface area (Å²) in [6.45, 7) is 9.88. The highest BCUT2D eigenvalue weighted by Gasteiger charge is 2.25. The Labute approximate surface area is 191 Å². The third kappa shape index (κ3) is 6.28. The third-order valence-electron chi connectivity index (χ3n) is 6.57. The van der Waals surface area contributed by atoms with E-state index in [9.17, 15) is 4.79 Å². The number of amides is 1. The van der Waals surface area contributed by atoms with Crippen LogP contribution in [0.2, 0.25) is 0 Å². The third-order valence-corrected chi connectivity index (χ3v) is 6.57. The summed E-state index contributed by atoms with van der Waals surface area (Å²) in [6, 6.07) is 12.3. The highest BCUT2D eigenvalue weighted by Crippen LogP contribution is 2.20. The lowest BCUT2D eigenvalue weighted by Gasteiger charge is -2.38. The minimum Gasteiger partial charge on any atom is -0.496 e. The van der Waals surface area contributed by atoms with Gasteiger partial charge in [-0.2, -0.15) is 0 Å². The molecule has 0 unspecified atom stereocenters. The second-order valence-corrected chi connectivity index (χ2v) is 8.70. The van der Waals surface area contributed by atoms with Crippen molar-refractivity contribution in [3.8, 4) is 5.75 Å². The fraction of sp³-hybridized carbons (Fsp3) is 0.520. The van der Waals surface area contributed by atoms with Crippen LogP contribution in [-0.4, -0.2) is 103 Å². The van der Waals surface area contributed by atoms with Crippen LogP contribution in [0.1, 0.15) is 11.1 Å². The van der Waals surface area contributed by atoms with Crippen molar-refractivity contribution in [3.63, 3.8) is 0 Å². The van der Waals surface area contributed by atoms with Gasteiger partial charge in [-0.25, -0.2) is 0 Å². The number of carbonyl (C=O) groups excluding carboxylic acids is 1. The number of hydrogen-bond acceptors (Lipinski definition) is 6. The van der Waals surface area contributed by atoms with Crippen molar-refractivity contribution in [3.05, 3.63) is 59.9 Å². The molecule has 2 aliphatic heterocycles. The van der Waals surface area contributed by atoms with Gasteiger partial charge in [0.15, 0.2) is 0 Å². The van der Waals surface area contributed by atoms with Crippen LogP contribution >= 0.6 is 0 Å². The number of rotatable bonds is 8. The largest absolute Gasteiger partial charge is 0.496 e. The predicted octanol–water partition coefficient (Wildman–Crippen LogP) is 1.59. The van der Waals surface area contributed by atoms with Gasteiger partial charge in [0.1, 0.15) is 5.75 Å². The molecule has 2 aliphatic rings. The summed E-state index contributed by atoms with van der Waals surface area (Å²) in [4.78, 5) is 26.3. The molecule has 0 saturated carbocycles. The van der Waals surface area contributed by atoms with E-state index in [1.165, 1.54) is 11.1 Å². The number of benzene rings is 1. The number of para-hydroxylation sites is 1. The van der Waals surface area contributed by atoms with Crippen molar-refractivity contribution in [2.75, 3.05) is 72.6 Å². The van der Waals surface area contributed by atoms with E-state index in [4.69, 9.17) is 4.74 Å². The minimum atomic E-state index is 0.269. The number of ether oxygens (including phenoxy) is 1. The Morgan fingerprint density at radius 1 is 0.906 bits per heavy atom. The van der Waals surface area contributed by atoms with Gasteiger partial charge in [-0.05, 0) is 24.1 Å². The summed E-state index contributed by atoms with van der Waals surface area (Å²) >= 11 is 0. The topological polar surface area (TPSA) is 52.2 Å². The van der Waals surface area contributed by atoms with Crippen molar-refractivity contribution in [2.24, 2.45) is 0 Å². The van der Waals surface area contributed by atoms with Crippen molar-refractivity contribution < 1.29 is 9.53 Å². The zero-order chi connectivity index (χ0) is 22.2. The first-order valence-electron chi connectivity index (χ1n) is 11.7. The van der Waals surface area contributed by atoms with Crippen LogP contribution in [0.25, 0.3) is 0 Å². The quantitative estimate of drug-likeness (QED) is 0.625. The Bertz CT molecular complexity index is 846. The van der Waals surface area contributed by atoms with E-state index in [2.05, 4.69) is 37.9 Å². The molecule has 7 nitrogen and oxygen atoms in total. The molecular formula is C25H35N5O2. The van der Waals surface area contributed by atoms with Crippen LogP contribution in [0.3, 0.4) is 0 Å². The Morgan fingerprint density at radius 2 is 1.62 bits per heavy atom. The van der Waals surface area contributed by atoms with Gasteiger partial charge < -0.3 is 14.5 Å². The standard InChI is InChI=1S/C25H35N5O2/c1-32-24-7-3-2-6-23(24)20-28-15-17-30(18-16-28)25(31)21-29-13-11-27(12-14-29)10-8-22-5-4-9-26-19-22/h2-7,9,19H,8,10-18,20-21H2,1H3. The highest BCUT2D eigenvalue weighted by molar-refractivity contribution is 5.78. The zero-order valence-corrected chi connectivity index (χ0v) is 19.2. The Balaban J connectivity index is 1.15. The van der Waals surface area contributed by atoms with Crippen LogP contribution in [0.4, 0.5) is 0 Å². The maximum atomic E-state index is 12.8. The van der Waals surface area contributed by atoms with Crippen molar-refractivity contribution >= 4 is 5.91 Å². The van der Waals surface area contributed by atoms with Crippen molar-refractivity contribution in [1.82, 2.24) is 24.6 Å². The van der Waals surface area contributed by atoms with Gasteiger partial charge in [-0.15, -0.1) is 0 Å². The molecule has 7 heteroatoms. The number of pyridine rings is 1. The molecule has 0 aliphatic carbocycles. The van der Waals surface area contributed by atoms with Gasteiger partial charge >= 0.3 is 0 Å². The molecule has 4 rings (SSSR count). The first-order chi connectivity index (χ1) is 15.7. The number of nitrogens with zero attached hydrogens (tertiary/aromatic N) is 5. The molecular weight excluding hydrogens is 402 g/mol. The molecule has 0 spiro atoms. The van der Waals surface area contributed by atoms with Crippen molar-refractivity contribution in [1.29, 1.82) is 0 Å². The minimum absolute atomic E-state index is 0.269. The molecule has 32 heavy (non-hydrogen) atoms. The van der Waals surface area contributed by atoms with E-state index in [1.807, 2.05) is 35.5 Å². The molecule has 0 atom stereocenters. The molecule has 0 bridgehead atoms. The lowest BCUT2D eigenvalue weighted by Crippen LogP contribution is -2.53. The van der Waals surface area contributed by atoms with Gasteiger partial charge in [0.25, 0.3) is 0 Å². The molecule has 2 fully saturated rings. The number of methoxy groups -OCH3 is 1. The molecule has 0 radical (unpaired) electrons. The van der Waals surface area contributed by atoms with E-state index >= 15 is 0 Å². The number of piperazine rings is 2. The van der Waals surface area contributed by atoms with E-state index in [-0.39, 0.29) is 5.91 Å². The van der Waals surface area contributed by atoms with E-state index in [1.54, 1.807) is 7.11 Å². The first-order valence-corrected chi connectivity index (χ1v) is 11.7. The lowest BCUT2D eigenvalue weighted by atomic mass is 10.1. The summed E-state index contributed by atoms with van der Waals surface area (Å²) in [5, 5.41) is 0. The number of aromatic nitrogens is 1. The summed E-state index contributed by atoms with van der Waals surface area (Å²) in [6.07, 6.45) is 4.80. The van der Waals surface area contributed by atoms with Crippen LogP contribution < -0.4 is 4.74 Å². The summed E-state index contributed by atoms with van der Waals surface area (Å²) in [5.41, 5.74) is 2.49. The fourth-order valence-corrected chi connectivity index (χ4v) is 4.53. The van der Waals surface area contributed by atoms with Gasteiger partial charge in [0, 0.05) is 83.4 Å². The first kappa shape index (κ1) is 22.7. The number of hydrogen-bond donors (Lipinski definition) is 0. The SMILES string of the molecule is COc1ccccc1CN1CCN(C(=O)CN2CCN(CCc3cccnc3)CC2)CC1. The normalized spacial score (nSPS) is 18.6. The maximum absolute atomic E-state index is 12.8. The Morgan fingerprint density at radius 3 is 2.34 bits per heavy atom. The van der Waals surface area contributed by atoms with Crippen LogP contribution in [0.15, 0.2) is 48.8 Å². The summed E-state index contributed by atoms with van der Waals surface area (Å²) in [7, 11) is 1.72. The average molecular weight is 438 g/mol. The monoisotopic (exact) mass is 437 g/mol. The average Bonchev–Trinajstić information content (AvgIpc) is 2.85. The van der Waals surface area contributed by atoms with Crippen molar-refractivity contribution in [2.45, 2.75) is 13.0 Å². The van der Waals surface area contributed by atoms with E-state index in [0.29, 0.717) is 6.54 Å². The lowest BCUT2D eigenvalue weighted by molar-refractivity contribution is -0.134. The molecule has 0 N–H and O–H groups in total. The second-order valence-electron chi connectivity index (χ2n) is 8.70. The van der Waals surface area contributed by atoms with Crippen LogP contribution in [0, 0.1) is 0 Å². The summed E-state index contributed by atoms with van der Waals surface area (Å²) in [5.74, 6) is 1.20. The molecule has 2 saturated heterocycles.